The van der Waals surface area contributed by atoms with Gasteiger partial charge in [0.2, 0.25) is 0 Å². The summed E-state index contributed by atoms with van der Waals surface area (Å²) < 4.78 is 5.26. The molecule has 0 aliphatic heterocycles. The first-order chi connectivity index (χ1) is 9.61. The first-order valence-corrected chi connectivity index (χ1v) is 6.18. The van der Waals surface area contributed by atoms with Crippen molar-refractivity contribution in [1.82, 2.24) is 4.98 Å². The van der Waals surface area contributed by atoms with Crippen molar-refractivity contribution in [3.63, 3.8) is 0 Å². The minimum atomic E-state index is -1.000. The molecule has 0 unspecified atom stereocenters. The lowest BCUT2D eigenvalue weighted by atomic mass is 10.2. The van der Waals surface area contributed by atoms with Gasteiger partial charge in [-0.15, -0.1) is 0 Å². The van der Waals surface area contributed by atoms with Crippen LogP contribution in [0.5, 0.6) is 5.75 Å². The number of methoxy groups -OCH3 is 1. The van der Waals surface area contributed by atoms with Crippen molar-refractivity contribution in [3.8, 4) is 5.75 Å². The molecule has 1 heterocycles. The maximum absolute atomic E-state index is 11.2. The number of nitrogens with zero attached hydrogens (tertiary/aromatic N) is 1. The van der Waals surface area contributed by atoms with Crippen LogP contribution in [-0.2, 0) is 6.54 Å². The number of aromatic nitrogens is 1. The lowest BCUT2D eigenvalue weighted by molar-refractivity contribution is 0.0697. The fourth-order valence-corrected chi connectivity index (χ4v) is 1.89. The molecule has 0 aliphatic carbocycles. The number of anilines is 1. The minimum Gasteiger partial charge on any atom is -0.496 e. The van der Waals surface area contributed by atoms with Gasteiger partial charge in [0.1, 0.15) is 17.1 Å². The Morgan fingerprint density at radius 2 is 2.05 bits per heavy atom. The molecule has 0 atom stereocenters. The molecule has 0 spiro atoms. The van der Waals surface area contributed by atoms with Crippen LogP contribution in [0, 0.1) is 6.92 Å². The number of aromatic carboxylic acids is 1. The average molecular weight is 272 g/mol. The predicted octanol–water partition coefficient (Wildman–Crippen LogP) is 2.71. The van der Waals surface area contributed by atoms with Gasteiger partial charge in [0.15, 0.2) is 0 Å². The Morgan fingerprint density at radius 1 is 1.30 bits per heavy atom. The van der Waals surface area contributed by atoms with Crippen LogP contribution in [0.1, 0.15) is 21.6 Å². The highest BCUT2D eigenvalue weighted by molar-refractivity contribution is 5.93. The maximum atomic E-state index is 11.2. The molecule has 5 nitrogen and oxygen atoms in total. The van der Waals surface area contributed by atoms with Crippen molar-refractivity contribution in [3.05, 3.63) is 53.2 Å². The molecule has 2 aromatic rings. The molecule has 2 rings (SSSR count). The molecular weight excluding hydrogens is 256 g/mol. The Labute approximate surface area is 117 Å². The third-order valence-corrected chi connectivity index (χ3v) is 2.90. The van der Waals surface area contributed by atoms with Crippen molar-refractivity contribution in [1.29, 1.82) is 0 Å². The lowest BCUT2D eigenvalue weighted by Crippen LogP contribution is -2.09. The van der Waals surface area contributed by atoms with Crippen LogP contribution in [0.3, 0.4) is 0 Å². The zero-order valence-corrected chi connectivity index (χ0v) is 11.4. The highest BCUT2D eigenvalue weighted by atomic mass is 16.5. The molecule has 1 aromatic carbocycles. The largest absolute Gasteiger partial charge is 0.496 e. The number of pyridine rings is 1. The van der Waals surface area contributed by atoms with E-state index in [-0.39, 0.29) is 5.56 Å². The highest BCUT2D eigenvalue weighted by Crippen LogP contribution is 2.20. The van der Waals surface area contributed by atoms with E-state index in [1.54, 1.807) is 19.2 Å². The fraction of sp³-hybridized carbons (Fsp3) is 0.200. The monoisotopic (exact) mass is 272 g/mol. The number of carboxylic acids is 1. The summed E-state index contributed by atoms with van der Waals surface area (Å²) in [6.07, 6.45) is 0. The van der Waals surface area contributed by atoms with Crippen molar-refractivity contribution in [2.24, 2.45) is 0 Å². The smallest absolute Gasteiger partial charge is 0.339 e. The minimum absolute atomic E-state index is 0.158. The number of carbonyl (C=O) groups is 1. The molecule has 0 radical (unpaired) electrons. The Kier molecular flexibility index (Phi) is 4.20. The van der Waals surface area contributed by atoms with Crippen LogP contribution >= 0.6 is 0 Å². The number of aryl methyl sites for hydroxylation is 1. The predicted molar refractivity (Wildman–Crippen MR) is 76.3 cm³/mol. The molecule has 0 saturated heterocycles. The Morgan fingerprint density at radius 3 is 2.75 bits per heavy atom. The molecular formula is C15H16N2O3. The van der Waals surface area contributed by atoms with Gasteiger partial charge in [-0.05, 0) is 25.1 Å². The molecule has 0 saturated carbocycles. The van der Waals surface area contributed by atoms with E-state index in [1.165, 1.54) is 0 Å². The SMILES string of the molecule is COc1ccccc1CNc1nc(C)ccc1C(=O)O. The topological polar surface area (TPSA) is 71.5 Å². The zero-order chi connectivity index (χ0) is 14.5. The van der Waals surface area contributed by atoms with Gasteiger partial charge in [0.05, 0.1) is 7.11 Å². The van der Waals surface area contributed by atoms with E-state index in [0.29, 0.717) is 12.4 Å². The van der Waals surface area contributed by atoms with Crippen molar-refractivity contribution in [2.75, 3.05) is 12.4 Å². The van der Waals surface area contributed by atoms with Crippen molar-refractivity contribution in [2.45, 2.75) is 13.5 Å². The second kappa shape index (κ2) is 6.06. The third kappa shape index (κ3) is 3.06. The third-order valence-electron chi connectivity index (χ3n) is 2.90. The first kappa shape index (κ1) is 13.9. The standard InChI is InChI=1S/C15H16N2O3/c1-10-7-8-12(15(18)19)14(17-10)16-9-11-5-3-4-6-13(11)20-2/h3-8H,9H2,1-2H3,(H,16,17)(H,18,19). The number of benzene rings is 1. The molecule has 0 aliphatic rings. The summed E-state index contributed by atoms with van der Waals surface area (Å²) in [6.45, 7) is 2.26. The van der Waals surface area contributed by atoms with Crippen LogP contribution in [-0.4, -0.2) is 23.2 Å². The Hall–Kier alpha value is -2.56. The number of rotatable bonds is 5. The second-order valence-electron chi connectivity index (χ2n) is 4.32. The number of para-hydroxylation sites is 1. The summed E-state index contributed by atoms with van der Waals surface area (Å²) in [5.74, 6) is 0.118. The van der Waals surface area contributed by atoms with Gasteiger partial charge in [-0.1, -0.05) is 18.2 Å². The number of hydrogen-bond acceptors (Lipinski definition) is 4. The molecule has 5 heteroatoms. The average Bonchev–Trinajstić information content (AvgIpc) is 2.45. The van der Waals surface area contributed by atoms with Gasteiger partial charge in [0.25, 0.3) is 0 Å². The molecule has 0 amide bonds. The van der Waals surface area contributed by atoms with E-state index in [0.717, 1.165) is 17.0 Å². The molecule has 1 aromatic heterocycles. The molecule has 20 heavy (non-hydrogen) atoms. The highest BCUT2D eigenvalue weighted by Gasteiger charge is 2.12. The van der Waals surface area contributed by atoms with Gasteiger partial charge in [-0.25, -0.2) is 9.78 Å². The molecule has 2 N–H and O–H groups in total. The summed E-state index contributed by atoms with van der Waals surface area (Å²) in [4.78, 5) is 15.4. The zero-order valence-electron chi connectivity index (χ0n) is 11.4. The second-order valence-corrected chi connectivity index (χ2v) is 4.32. The summed E-state index contributed by atoms with van der Waals surface area (Å²) in [7, 11) is 1.60. The van der Waals surface area contributed by atoms with Gasteiger partial charge in [-0.2, -0.15) is 0 Å². The van der Waals surface area contributed by atoms with Gasteiger partial charge in [0, 0.05) is 17.8 Å². The van der Waals surface area contributed by atoms with E-state index in [9.17, 15) is 4.79 Å². The summed E-state index contributed by atoms with van der Waals surface area (Å²) in [5, 5.41) is 12.2. The summed E-state index contributed by atoms with van der Waals surface area (Å²) in [6, 6.07) is 10.8. The van der Waals surface area contributed by atoms with Crippen LogP contribution in [0.4, 0.5) is 5.82 Å². The number of carboxylic acid groups (broad SMARTS) is 1. The van der Waals surface area contributed by atoms with Crippen molar-refractivity contribution >= 4 is 11.8 Å². The molecule has 0 fully saturated rings. The Bertz CT molecular complexity index is 626. The van der Waals surface area contributed by atoms with Gasteiger partial charge >= 0.3 is 5.97 Å². The molecule has 0 bridgehead atoms. The summed E-state index contributed by atoms with van der Waals surface area (Å²) >= 11 is 0. The van der Waals surface area contributed by atoms with E-state index in [4.69, 9.17) is 9.84 Å². The van der Waals surface area contributed by atoms with Crippen LogP contribution in [0.15, 0.2) is 36.4 Å². The fourth-order valence-electron chi connectivity index (χ4n) is 1.89. The number of ether oxygens (including phenoxy) is 1. The quantitative estimate of drug-likeness (QED) is 0.875. The summed E-state index contributed by atoms with van der Waals surface area (Å²) in [5.41, 5.74) is 1.86. The number of hydrogen-bond donors (Lipinski definition) is 2. The molecule has 104 valence electrons. The van der Waals surface area contributed by atoms with E-state index in [2.05, 4.69) is 10.3 Å². The van der Waals surface area contributed by atoms with Crippen LogP contribution in [0.2, 0.25) is 0 Å². The lowest BCUT2D eigenvalue weighted by Gasteiger charge is -2.12. The van der Waals surface area contributed by atoms with Crippen LogP contribution in [0.25, 0.3) is 0 Å². The maximum Gasteiger partial charge on any atom is 0.339 e. The van der Waals surface area contributed by atoms with E-state index in [1.807, 2.05) is 31.2 Å². The van der Waals surface area contributed by atoms with E-state index < -0.39 is 5.97 Å². The van der Waals surface area contributed by atoms with Gasteiger partial charge < -0.3 is 15.2 Å². The first-order valence-electron chi connectivity index (χ1n) is 6.18. The van der Waals surface area contributed by atoms with Crippen LogP contribution < -0.4 is 10.1 Å². The van der Waals surface area contributed by atoms with Crippen molar-refractivity contribution < 1.29 is 14.6 Å². The normalized spacial score (nSPS) is 10.1. The number of nitrogens with one attached hydrogen (secondary N) is 1. The van der Waals surface area contributed by atoms with E-state index >= 15 is 0 Å². The Balaban J connectivity index is 2.22. The van der Waals surface area contributed by atoms with Gasteiger partial charge in [-0.3, -0.25) is 0 Å².